The van der Waals surface area contributed by atoms with Crippen LogP contribution >= 0.6 is 0 Å². The number of nitrogens with zero attached hydrogens (tertiary/aromatic N) is 1. The molecule has 0 atom stereocenters. The van der Waals surface area contributed by atoms with Crippen molar-refractivity contribution in [2.24, 2.45) is 0 Å². The van der Waals surface area contributed by atoms with Gasteiger partial charge in [-0.05, 0) is 13.3 Å². The number of hydrogen-bond donors (Lipinski definition) is 2. The molecule has 6 nitrogen and oxygen atoms in total. The van der Waals surface area contributed by atoms with E-state index in [9.17, 15) is 9.59 Å². The van der Waals surface area contributed by atoms with Crippen LogP contribution in [0.4, 0.5) is 4.79 Å². The summed E-state index contributed by atoms with van der Waals surface area (Å²) in [6.45, 7) is 5.00. The van der Waals surface area contributed by atoms with Gasteiger partial charge in [0.1, 0.15) is 12.2 Å². The van der Waals surface area contributed by atoms with E-state index >= 15 is 0 Å². The quantitative estimate of drug-likeness (QED) is 0.711. The minimum Gasteiger partial charge on any atom is -0.480 e. The van der Waals surface area contributed by atoms with Gasteiger partial charge in [-0.1, -0.05) is 6.92 Å². The van der Waals surface area contributed by atoms with E-state index < -0.39 is 11.6 Å². The lowest BCUT2D eigenvalue weighted by Crippen LogP contribution is -2.65. The van der Waals surface area contributed by atoms with Crippen LogP contribution in [-0.4, -0.2) is 53.8 Å². The maximum absolute atomic E-state index is 11.5. The molecule has 1 aliphatic rings. The number of likely N-dealkylation sites (tertiary alicyclic amines) is 1. The Labute approximate surface area is 94.6 Å². The zero-order valence-corrected chi connectivity index (χ0v) is 9.65. The highest BCUT2D eigenvalue weighted by atomic mass is 16.5. The van der Waals surface area contributed by atoms with Crippen molar-refractivity contribution in [2.75, 3.05) is 26.2 Å². The Kier molecular flexibility index (Phi) is 4.12. The molecule has 0 saturated carbocycles. The third-order valence-corrected chi connectivity index (χ3v) is 2.41. The highest BCUT2D eigenvalue weighted by molar-refractivity contribution is 5.75. The lowest BCUT2D eigenvalue weighted by Gasteiger charge is -2.46. The summed E-state index contributed by atoms with van der Waals surface area (Å²) in [5.41, 5.74) is -0.512. The summed E-state index contributed by atoms with van der Waals surface area (Å²) in [7, 11) is 0. The van der Waals surface area contributed by atoms with Crippen molar-refractivity contribution in [3.8, 4) is 0 Å². The highest BCUT2D eigenvalue weighted by Gasteiger charge is 2.42. The fourth-order valence-electron chi connectivity index (χ4n) is 1.58. The first-order chi connectivity index (χ1) is 7.47. The molecule has 1 rings (SSSR count). The number of carboxylic acid groups (broad SMARTS) is 1. The van der Waals surface area contributed by atoms with E-state index in [1.54, 1.807) is 11.8 Å². The summed E-state index contributed by atoms with van der Waals surface area (Å²) < 4.78 is 5.19. The Morgan fingerprint density at radius 1 is 1.50 bits per heavy atom. The number of ether oxygens (including phenoxy) is 1. The van der Waals surface area contributed by atoms with Crippen LogP contribution in [0.5, 0.6) is 0 Å². The van der Waals surface area contributed by atoms with Gasteiger partial charge in [-0.25, -0.2) is 9.59 Å². The average Bonchev–Trinajstić information content (AvgIpc) is 2.19. The third kappa shape index (κ3) is 3.37. The SMILES string of the molecule is CCCNC(=O)N1CC(C)(OCC(=O)O)C1. The largest absolute Gasteiger partial charge is 0.480 e. The summed E-state index contributed by atoms with van der Waals surface area (Å²) in [5, 5.41) is 11.2. The molecule has 0 aromatic carbocycles. The van der Waals surface area contributed by atoms with Crippen LogP contribution in [0.3, 0.4) is 0 Å². The van der Waals surface area contributed by atoms with Gasteiger partial charge in [0.25, 0.3) is 0 Å². The number of amides is 2. The minimum atomic E-state index is -0.991. The second kappa shape index (κ2) is 5.16. The molecule has 2 amide bonds. The van der Waals surface area contributed by atoms with E-state index in [2.05, 4.69) is 5.32 Å². The Morgan fingerprint density at radius 3 is 2.62 bits per heavy atom. The Morgan fingerprint density at radius 2 is 2.12 bits per heavy atom. The highest BCUT2D eigenvalue weighted by Crippen LogP contribution is 2.24. The number of nitrogens with one attached hydrogen (secondary N) is 1. The first kappa shape index (κ1) is 12.8. The summed E-state index contributed by atoms with van der Waals surface area (Å²) in [4.78, 5) is 23.4. The van der Waals surface area contributed by atoms with Crippen LogP contribution in [0.2, 0.25) is 0 Å². The van der Waals surface area contributed by atoms with Gasteiger partial charge in [-0.3, -0.25) is 0 Å². The molecule has 2 N–H and O–H groups in total. The van der Waals surface area contributed by atoms with Gasteiger partial charge in [0.2, 0.25) is 0 Å². The topological polar surface area (TPSA) is 78.9 Å². The lowest BCUT2D eigenvalue weighted by molar-refractivity contribution is -0.159. The molecule has 0 aromatic heterocycles. The maximum atomic E-state index is 11.5. The van der Waals surface area contributed by atoms with Gasteiger partial charge in [0, 0.05) is 6.54 Å². The molecule has 0 aromatic rings. The zero-order chi connectivity index (χ0) is 12.2. The number of carbonyl (C=O) groups excluding carboxylic acids is 1. The van der Waals surface area contributed by atoms with Crippen LogP contribution in [0.15, 0.2) is 0 Å². The fourth-order valence-corrected chi connectivity index (χ4v) is 1.58. The maximum Gasteiger partial charge on any atom is 0.329 e. The second-order valence-electron chi connectivity index (χ2n) is 4.22. The number of urea groups is 1. The van der Waals surface area contributed by atoms with E-state index in [1.807, 2.05) is 6.92 Å². The summed E-state index contributed by atoms with van der Waals surface area (Å²) in [5.74, 6) is -0.991. The first-order valence-corrected chi connectivity index (χ1v) is 5.35. The van der Waals surface area contributed by atoms with Crippen molar-refractivity contribution < 1.29 is 19.4 Å². The number of carboxylic acids is 1. The third-order valence-electron chi connectivity index (χ3n) is 2.41. The van der Waals surface area contributed by atoms with Crippen LogP contribution in [0.25, 0.3) is 0 Å². The Bertz CT molecular complexity index is 274. The van der Waals surface area contributed by atoms with Gasteiger partial charge < -0.3 is 20.1 Å². The summed E-state index contributed by atoms with van der Waals surface area (Å²) in [6.07, 6.45) is 0.895. The molecular formula is C10H18N2O4. The molecule has 1 saturated heterocycles. The normalized spacial score (nSPS) is 17.8. The zero-order valence-electron chi connectivity index (χ0n) is 9.65. The molecule has 0 spiro atoms. The molecular weight excluding hydrogens is 212 g/mol. The van der Waals surface area contributed by atoms with Crippen molar-refractivity contribution >= 4 is 12.0 Å². The number of carbonyl (C=O) groups is 2. The van der Waals surface area contributed by atoms with Crippen molar-refractivity contribution in [1.82, 2.24) is 10.2 Å². The number of aliphatic carboxylic acids is 1. The van der Waals surface area contributed by atoms with Crippen LogP contribution in [-0.2, 0) is 9.53 Å². The van der Waals surface area contributed by atoms with E-state index in [0.717, 1.165) is 6.42 Å². The predicted octanol–water partition coefficient (Wildman–Crippen LogP) is 0.281. The van der Waals surface area contributed by atoms with Crippen LogP contribution < -0.4 is 5.32 Å². The predicted molar refractivity (Wildman–Crippen MR) is 57.3 cm³/mol. The van der Waals surface area contributed by atoms with Crippen LogP contribution in [0, 0.1) is 0 Å². The number of rotatable bonds is 5. The Balaban J connectivity index is 2.24. The van der Waals surface area contributed by atoms with Crippen molar-refractivity contribution in [1.29, 1.82) is 0 Å². The van der Waals surface area contributed by atoms with E-state index in [0.29, 0.717) is 19.6 Å². The molecule has 0 unspecified atom stereocenters. The average molecular weight is 230 g/mol. The van der Waals surface area contributed by atoms with Gasteiger partial charge in [-0.15, -0.1) is 0 Å². The smallest absolute Gasteiger partial charge is 0.329 e. The lowest BCUT2D eigenvalue weighted by atomic mass is 9.97. The summed E-state index contributed by atoms with van der Waals surface area (Å²) in [6, 6.07) is -0.113. The fraction of sp³-hybridized carbons (Fsp3) is 0.800. The van der Waals surface area contributed by atoms with Crippen molar-refractivity contribution in [3.05, 3.63) is 0 Å². The molecule has 0 aliphatic carbocycles. The Hall–Kier alpha value is -1.30. The second-order valence-corrected chi connectivity index (χ2v) is 4.22. The molecule has 1 heterocycles. The van der Waals surface area contributed by atoms with E-state index in [4.69, 9.17) is 9.84 Å². The van der Waals surface area contributed by atoms with Gasteiger partial charge >= 0.3 is 12.0 Å². The van der Waals surface area contributed by atoms with Crippen molar-refractivity contribution in [3.63, 3.8) is 0 Å². The molecule has 92 valence electrons. The molecule has 16 heavy (non-hydrogen) atoms. The van der Waals surface area contributed by atoms with E-state index in [-0.39, 0.29) is 12.6 Å². The van der Waals surface area contributed by atoms with Gasteiger partial charge in [-0.2, -0.15) is 0 Å². The molecule has 1 aliphatic heterocycles. The monoisotopic (exact) mass is 230 g/mol. The van der Waals surface area contributed by atoms with E-state index in [1.165, 1.54) is 0 Å². The van der Waals surface area contributed by atoms with Gasteiger partial charge in [0.15, 0.2) is 0 Å². The molecule has 1 fully saturated rings. The van der Waals surface area contributed by atoms with Gasteiger partial charge in [0.05, 0.1) is 13.1 Å². The minimum absolute atomic E-state index is 0.113. The summed E-state index contributed by atoms with van der Waals surface area (Å²) >= 11 is 0. The molecule has 6 heteroatoms. The number of hydrogen-bond acceptors (Lipinski definition) is 3. The first-order valence-electron chi connectivity index (χ1n) is 5.35. The molecule has 0 radical (unpaired) electrons. The van der Waals surface area contributed by atoms with Crippen molar-refractivity contribution in [2.45, 2.75) is 25.9 Å². The standard InChI is InChI=1S/C10H18N2O4/c1-3-4-11-9(15)12-6-10(2,7-12)16-5-8(13)14/h3-7H2,1-2H3,(H,11,15)(H,13,14). The van der Waals surface area contributed by atoms with Crippen LogP contribution in [0.1, 0.15) is 20.3 Å². The molecule has 0 bridgehead atoms.